The molecular formula is C20H17F4N3O2. The minimum Gasteiger partial charge on any atom is -0.356 e. The number of amides is 1. The van der Waals surface area contributed by atoms with E-state index in [4.69, 9.17) is 4.52 Å². The van der Waals surface area contributed by atoms with Crippen LogP contribution in [0.5, 0.6) is 0 Å². The van der Waals surface area contributed by atoms with Crippen LogP contribution in [0.15, 0.2) is 53.1 Å². The fourth-order valence-corrected chi connectivity index (χ4v) is 2.59. The van der Waals surface area contributed by atoms with E-state index in [2.05, 4.69) is 15.5 Å². The van der Waals surface area contributed by atoms with E-state index in [1.807, 2.05) is 0 Å². The van der Waals surface area contributed by atoms with E-state index < -0.39 is 11.7 Å². The van der Waals surface area contributed by atoms with Gasteiger partial charge in [-0.3, -0.25) is 4.79 Å². The summed E-state index contributed by atoms with van der Waals surface area (Å²) in [5.41, 5.74) is 0.589. The van der Waals surface area contributed by atoms with Gasteiger partial charge in [0, 0.05) is 24.9 Å². The van der Waals surface area contributed by atoms with Gasteiger partial charge in [0.15, 0.2) is 0 Å². The van der Waals surface area contributed by atoms with Crippen LogP contribution >= 0.6 is 0 Å². The van der Waals surface area contributed by atoms with Gasteiger partial charge in [-0.2, -0.15) is 18.2 Å². The Morgan fingerprint density at radius 1 is 1.00 bits per heavy atom. The molecule has 0 saturated carbocycles. The Bertz CT molecular complexity index is 951. The Labute approximate surface area is 163 Å². The van der Waals surface area contributed by atoms with Crippen molar-refractivity contribution < 1.29 is 26.9 Å². The maximum absolute atomic E-state index is 12.9. The van der Waals surface area contributed by atoms with Crippen LogP contribution in [0.1, 0.15) is 23.4 Å². The van der Waals surface area contributed by atoms with Crippen molar-refractivity contribution in [2.45, 2.75) is 25.4 Å². The molecule has 0 aliphatic carbocycles. The van der Waals surface area contributed by atoms with Crippen LogP contribution in [0.2, 0.25) is 0 Å². The summed E-state index contributed by atoms with van der Waals surface area (Å²) in [7, 11) is 0. The van der Waals surface area contributed by atoms with Crippen LogP contribution in [-0.2, 0) is 23.8 Å². The number of benzene rings is 2. The molecular weight excluding hydrogens is 390 g/mol. The topological polar surface area (TPSA) is 68.0 Å². The molecule has 0 aliphatic heterocycles. The summed E-state index contributed by atoms with van der Waals surface area (Å²) >= 11 is 0. The second kappa shape index (κ2) is 8.85. The highest BCUT2D eigenvalue weighted by Gasteiger charge is 2.29. The average Bonchev–Trinajstić information content (AvgIpc) is 3.16. The van der Waals surface area contributed by atoms with Crippen LogP contribution in [0.4, 0.5) is 17.6 Å². The second-order valence-corrected chi connectivity index (χ2v) is 6.31. The fourth-order valence-electron chi connectivity index (χ4n) is 2.59. The summed E-state index contributed by atoms with van der Waals surface area (Å²) in [6.07, 6.45) is -3.59. The minimum atomic E-state index is -4.36. The monoisotopic (exact) mass is 407 g/mol. The van der Waals surface area contributed by atoms with Crippen molar-refractivity contribution in [2.24, 2.45) is 0 Å². The zero-order chi connectivity index (χ0) is 20.9. The first-order valence-electron chi connectivity index (χ1n) is 8.82. The maximum Gasteiger partial charge on any atom is 0.416 e. The molecule has 3 aromatic rings. The van der Waals surface area contributed by atoms with Gasteiger partial charge in [-0.1, -0.05) is 17.3 Å². The third-order valence-electron chi connectivity index (χ3n) is 4.15. The van der Waals surface area contributed by atoms with E-state index >= 15 is 0 Å². The van der Waals surface area contributed by atoms with Gasteiger partial charge in [0.05, 0.1) is 5.56 Å². The number of aromatic nitrogens is 2. The highest BCUT2D eigenvalue weighted by atomic mass is 19.4. The molecule has 0 unspecified atom stereocenters. The zero-order valence-corrected chi connectivity index (χ0v) is 15.2. The first kappa shape index (κ1) is 20.5. The molecule has 0 radical (unpaired) electrons. The lowest BCUT2D eigenvalue weighted by Crippen LogP contribution is -2.25. The van der Waals surface area contributed by atoms with Crippen molar-refractivity contribution in [3.63, 3.8) is 0 Å². The maximum atomic E-state index is 12.9. The highest BCUT2D eigenvalue weighted by Crippen LogP contribution is 2.29. The average molecular weight is 407 g/mol. The SMILES string of the molecule is O=C(CCc1nc(-c2ccc(F)cc2)no1)NCCc1ccc(C(F)(F)F)cc1. The van der Waals surface area contributed by atoms with Crippen LogP contribution in [0.25, 0.3) is 11.4 Å². The van der Waals surface area contributed by atoms with Gasteiger partial charge in [0.25, 0.3) is 0 Å². The van der Waals surface area contributed by atoms with Gasteiger partial charge in [0.1, 0.15) is 5.82 Å². The van der Waals surface area contributed by atoms with Crippen LogP contribution < -0.4 is 5.32 Å². The lowest BCUT2D eigenvalue weighted by molar-refractivity contribution is -0.137. The number of nitrogens with one attached hydrogen (secondary N) is 1. The standard InChI is InChI=1S/C20H17F4N3O2/c21-16-7-3-14(4-8-16)19-26-18(29-27-19)10-9-17(28)25-12-11-13-1-5-15(6-2-13)20(22,23)24/h1-8H,9-12H2,(H,25,28). The smallest absolute Gasteiger partial charge is 0.356 e. The van der Waals surface area contributed by atoms with Crippen molar-refractivity contribution in [1.29, 1.82) is 0 Å². The number of carbonyl (C=O) groups excluding carboxylic acids is 1. The van der Waals surface area contributed by atoms with Crippen molar-refractivity contribution in [3.05, 3.63) is 71.4 Å². The first-order valence-corrected chi connectivity index (χ1v) is 8.82. The van der Waals surface area contributed by atoms with Crippen LogP contribution in [-0.4, -0.2) is 22.6 Å². The Morgan fingerprint density at radius 2 is 1.69 bits per heavy atom. The van der Waals surface area contributed by atoms with Gasteiger partial charge < -0.3 is 9.84 Å². The summed E-state index contributed by atoms with van der Waals surface area (Å²) in [4.78, 5) is 16.1. The molecule has 2 aromatic carbocycles. The number of halogens is 4. The Morgan fingerprint density at radius 3 is 2.34 bits per heavy atom. The van der Waals surface area contributed by atoms with Gasteiger partial charge >= 0.3 is 6.18 Å². The summed E-state index contributed by atoms with van der Waals surface area (Å²) in [5.74, 6) is -0.0196. The van der Waals surface area contributed by atoms with Gasteiger partial charge in [-0.05, 0) is 48.4 Å². The van der Waals surface area contributed by atoms with Crippen molar-refractivity contribution in [1.82, 2.24) is 15.5 Å². The molecule has 0 fully saturated rings. The quantitative estimate of drug-likeness (QED) is 0.597. The third-order valence-corrected chi connectivity index (χ3v) is 4.15. The summed E-state index contributed by atoms with van der Waals surface area (Å²) in [5, 5.41) is 6.50. The lowest BCUT2D eigenvalue weighted by Gasteiger charge is -2.08. The number of hydrogen-bond acceptors (Lipinski definition) is 4. The van der Waals surface area contributed by atoms with Gasteiger partial charge in [-0.25, -0.2) is 4.39 Å². The fraction of sp³-hybridized carbons (Fsp3) is 0.250. The Kier molecular flexibility index (Phi) is 6.26. The third kappa shape index (κ3) is 5.87. The molecule has 0 saturated heterocycles. The zero-order valence-electron chi connectivity index (χ0n) is 15.2. The Balaban J connectivity index is 1.42. The van der Waals surface area contributed by atoms with Crippen LogP contribution in [0.3, 0.4) is 0 Å². The molecule has 1 amide bonds. The number of alkyl halides is 3. The number of aryl methyl sites for hydroxylation is 1. The van der Waals surface area contributed by atoms with E-state index in [1.165, 1.54) is 36.4 Å². The Hall–Kier alpha value is -3.23. The van der Waals surface area contributed by atoms with Crippen molar-refractivity contribution >= 4 is 5.91 Å². The molecule has 0 bridgehead atoms. The van der Waals surface area contributed by atoms with E-state index in [9.17, 15) is 22.4 Å². The molecule has 0 spiro atoms. The molecule has 5 nitrogen and oxygen atoms in total. The number of rotatable bonds is 7. The summed E-state index contributed by atoms with van der Waals surface area (Å²) < 4.78 is 55.6. The van der Waals surface area contributed by atoms with Crippen molar-refractivity contribution in [3.8, 4) is 11.4 Å². The summed E-state index contributed by atoms with van der Waals surface area (Å²) in [6.45, 7) is 0.300. The molecule has 9 heteroatoms. The van der Waals surface area contributed by atoms with E-state index in [1.54, 1.807) is 0 Å². The molecule has 1 N–H and O–H groups in total. The summed E-state index contributed by atoms with van der Waals surface area (Å²) in [6, 6.07) is 10.5. The predicted molar refractivity (Wildman–Crippen MR) is 96.2 cm³/mol. The van der Waals surface area contributed by atoms with E-state index in [0.717, 1.165) is 12.1 Å². The van der Waals surface area contributed by atoms with E-state index in [-0.39, 0.29) is 30.5 Å². The van der Waals surface area contributed by atoms with Gasteiger partial charge in [0.2, 0.25) is 17.6 Å². The second-order valence-electron chi connectivity index (χ2n) is 6.31. The number of carbonyl (C=O) groups is 1. The van der Waals surface area contributed by atoms with Gasteiger partial charge in [-0.15, -0.1) is 0 Å². The molecule has 152 valence electrons. The largest absolute Gasteiger partial charge is 0.416 e. The normalized spacial score (nSPS) is 11.4. The lowest BCUT2D eigenvalue weighted by atomic mass is 10.1. The molecule has 29 heavy (non-hydrogen) atoms. The van der Waals surface area contributed by atoms with E-state index in [0.29, 0.717) is 29.9 Å². The molecule has 0 aliphatic rings. The predicted octanol–water partition coefficient (Wildman–Crippen LogP) is 4.19. The molecule has 1 heterocycles. The molecule has 1 aromatic heterocycles. The first-order chi connectivity index (χ1) is 13.8. The van der Waals surface area contributed by atoms with Crippen LogP contribution in [0, 0.1) is 5.82 Å². The number of nitrogens with zero attached hydrogens (tertiary/aromatic N) is 2. The number of hydrogen-bond donors (Lipinski definition) is 1. The highest BCUT2D eigenvalue weighted by molar-refractivity contribution is 5.76. The molecule has 3 rings (SSSR count). The molecule has 0 atom stereocenters. The van der Waals surface area contributed by atoms with Crippen molar-refractivity contribution in [2.75, 3.05) is 6.54 Å². The minimum absolute atomic E-state index is 0.123.